The number of hydrogen-bond donors (Lipinski definition) is 2. The number of nitrogens with zero attached hydrogens (tertiary/aromatic N) is 1. The zero-order valence-electron chi connectivity index (χ0n) is 9.56. The van der Waals surface area contributed by atoms with Crippen molar-refractivity contribution in [2.75, 3.05) is 20.1 Å². The third kappa shape index (κ3) is 2.51. The first-order chi connectivity index (χ1) is 8.11. The Hall–Kier alpha value is -0.910. The van der Waals surface area contributed by atoms with E-state index >= 15 is 0 Å². The Balaban J connectivity index is 2.17. The summed E-state index contributed by atoms with van der Waals surface area (Å²) in [6.07, 6.45) is -0.494. The first kappa shape index (κ1) is 12.5. The van der Waals surface area contributed by atoms with Crippen LogP contribution in [0.2, 0.25) is 0 Å². The first-order valence-corrected chi connectivity index (χ1v) is 6.31. The number of aliphatic hydroxyl groups is 1. The van der Waals surface area contributed by atoms with Crippen LogP contribution >= 0.6 is 15.9 Å². The maximum absolute atomic E-state index is 12.3. The topological polar surface area (TPSA) is 52.6 Å². The molecule has 1 aliphatic heterocycles. The summed E-state index contributed by atoms with van der Waals surface area (Å²) in [5.74, 6) is -0.0785. The molecule has 0 saturated carbocycles. The van der Waals surface area contributed by atoms with Crippen molar-refractivity contribution in [3.8, 4) is 0 Å². The largest absolute Gasteiger partial charge is 0.390 e. The second-order valence-corrected chi connectivity index (χ2v) is 5.04. The smallest absolute Gasteiger partial charge is 0.255 e. The molecule has 4 nitrogen and oxygen atoms in total. The molecule has 1 aliphatic rings. The summed E-state index contributed by atoms with van der Waals surface area (Å²) in [7, 11) is 1.72. The van der Waals surface area contributed by atoms with Crippen LogP contribution in [-0.4, -0.2) is 48.2 Å². The lowest BCUT2D eigenvalue weighted by atomic mass is 10.1. The lowest BCUT2D eigenvalue weighted by molar-refractivity contribution is 0.0580. The summed E-state index contributed by atoms with van der Waals surface area (Å²) < 4.78 is 0.775. The molecule has 2 atom stereocenters. The fourth-order valence-corrected chi connectivity index (χ4v) is 2.48. The minimum Gasteiger partial charge on any atom is -0.390 e. The van der Waals surface area contributed by atoms with Gasteiger partial charge in [0.15, 0.2) is 0 Å². The van der Waals surface area contributed by atoms with Gasteiger partial charge in [0.1, 0.15) is 0 Å². The van der Waals surface area contributed by atoms with E-state index in [-0.39, 0.29) is 11.9 Å². The molecule has 0 unspecified atom stereocenters. The molecule has 1 amide bonds. The number of carbonyl (C=O) groups is 1. The van der Waals surface area contributed by atoms with Gasteiger partial charge in [-0.25, -0.2) is 0 Å². The Morgan fingerprint density at radius 3 is 2.76 bits per heavy atom. The SMILES string of the molecule is CN(C(=O)c1ccccc1Br)[C@@H]1CNC[C@H]1O. The molecule has 0 aromatic heterocycles. The lowest BCUT2D eigenvalue weighted by Gasteiger charge is -2.26. The van der Waals surface area contributed by atoms with Gasteiger partial charge in [-0.3, -0.25) is 4.79 Å². The Bertz CT molecular complexity index is 425. The molecule has 2 N–H and O–H groups in total. The van der Waals surface area contributed by atoms with E-state index in [2.05, 4.69) is 21.2 Å². The Morgan fingerprint density at radius 2 is 2.18 bits per heavy atom. The van der Waals surface area contributed by atoms with Gasteiger partial charge in [0.05, 0.1) is 17.7 Å². The number of β-amino-alcohol motifs (C(OH)–C–C–N with tert-alkyl or cyclic N) is 1. The first-order valence-electron chi connectivity index (χ1n) is 5.51. The van der Waals surface area contributed by atoms with E-state index in [9.17, 15) is 9.90 Å². The Kier molecular flexibility index (Phi) is 3.81. The van der Waals surface area contributed by atoms with E-state index in [1.165, 1.54) is 0 Å². The van der Waals surface area contributed by atoms with E-state index < -0.39 is 6.10 Å². The van der Waals surface area contributed by atoms with Crippen LogP contribution in [0.5, 0.6) is 0 Å². The number of halogens is 1. The van der Waals surface area contributed by atoms with Crippen LogP contribution in [0.4, 0.5) is 0 Å². The second kappa shape index (κ2) is 5.16. The molecule has 0 spiro atoms. The summed E-state index contributed by atoms with van der Waals surface area (Å²) in [5.41, 5.74) is 0.620. The van der Waals surface area contributed by atoms with Gasteiger partial charge >= 0.3 is 0 Å². The average Bonchev–Trinajstić information content (AvgIpc) is 2.74. The summed E-state index contributed by atoms with van der Waals surface area (Å²) in [5, 5.41) is 12.8. The van der Waals surface area contributed by atoms with Crippen molar-refractivity contribution in [2.45, 2.75) is 12.1 Å². The fourth-order valence-electron chi connectivity index (χ4n) is 2.02. The van der Waals surface area contributed by atoms with Gasteiger partial charge in [-0.1, -0.05) is 12.1 Å². The van der Waals surface area contributed by atoms with Crippen LogP contribution in [0.15, 0.2) is 28.7 Å². The molecule has 17 heavy (non-hydrogen) atoms. The zero-order chi connectivity index (χ0) is 12.4. The van der Waals surface area contributed by atoms with E-state index in [1.54, 1.807) is 18.0 Å². The zero-order valence-corrected chi connectivity index (χ0v) is 11.1. The van der Waals surface area contributed by atoms with E-state index in [1.807, 2.05) is 18.2 Å². The predicted octanol–water partition coefficient (Wildman–Crippen LogP) is 0.854. The molecule has 1 aromatic rings. The van der Waals surface area contributed by atoms with E-state index in [0.717, 1.165) is 4.47 Å². The van der Waals surface area contributed by atoms with Crippen molar-refractivity contribution in [1.29, 1.82) is 0 Å². The molecule has 0 aliphatic carbocycles. The predicted molar refractivity (Wildman–Crippen MR) is 68.9 cm³/mol. The number of rotatable bonds is 2. The van der Waals surface area contributed by atoms with Crippen molar-refractivity contribution in [1.82, 2.24) is 10.2 Å². The molecular formula is C12H15BrN2O2. The summed E-state index contributed by atoms with van der Waals surface area (Å²) in [6, 6.07) is 7.15. The standard InChI is InChI=1S/C12H15BrN2O2/c1-15(10-6-14-7-11(10)16)12(17)8-4-2-3-5-9(8)13/h2-5,10-11,14,16H,6-7H2,1H3/t10-,11-/m1/s1. The van der Waals surface area contributed by atoms with E-state index in [4.69, 9.17) is 0 Å². The summed E-state index contributed by atoms with van der Waals surface area (Å²) >= 11 is 3.36. The van der Waals surface area contributed by atoms with Crippen LogP contribution in [0.1, 0.15) is 10.4 Å². The van der Waals surface area contributed by atoms with Gasteiger partial charge in [-0.05, 0) is 28.1 Å². The van der Waals surface area contributed by atoms with Crippen molar-refractivity contribution in [3.05, 3.63) is 34.3 Å². The molecule has 1 saturated heterocycles. The average molecular weight is 299 g/mol. The summed E-state index contributed by atoms with van der Waals surface area (Å²) in [4.78, 5) is 13.9. The van der Waals surface area contributed by atoms with Crippen molar-refractivity contribution in [2.24, 2.45) is 0 Å². The highest BCUT2D eigenvalue weighted by atomic mass is 79.9. The molecule has 2 rings (SSSR count). The lowest BCUT2D eigenvalue weighted by Crippen LogP contribution is -2.44. The van der Waals surface area contributed by atoms with Gasteiger partial charge in [-0.2, -0.15) is 0 Å². The van der Waals surface area contributed by atoms with Gasteiger partial charge in [0.25, 0.3) is 5.91 Å². The van der Waals surface area contributed by atoms with E-state index in [0.29, 0.717) is 18.7 Å². The molecule has 5 heteroatoms. The molecule has 1 heterocycles. The molecular weight excluding hydrogens is 284 g/mol. The number of benzene rings is 1. The fraction of sp³-hybridized carbons (Fsp3) is 0.417. The Morgan fingerprint density at radius 1 is 1.47 bits per heavy atom. The van der Waals surface area contributed by atoms with Gasteiger partial charge in [0.2, 0.25) is 0 Å². The number of aliphatic hydroxyl groups excluding tert-OH is 1. The molecule has 0 bridgehead atoms. The summed E-state index contributed by atoms with van der Waals surface area (Å²) in [6.45, 7) is 1.17. The quantitative estimate of drug-likeness (QED) is 0.851. The maximum atomic E-state index is 12.3. The van der Waals surface area contributed by atoms with Crippen LogP contribution in [0.25, 0.3) is 0 Å². The normalized spacial score (nSPS) is 23.7. The Labute approximate surface area is 109 Å². The van der Waals surface area contributed by atoms with Gasteiger partial charge < -0.3 is 15.3 Å². The van der Waals surface area contributed by atoms with Crippen LogP contribution in [-0.2, 0) is 0 Å². The van der Waals surface area contributed by atoms with Crippen molar-refractivity contribution < 1.29 is 9.90 Å². The molecule has 92 valence electrons. The number of hydrogen-bond acceptors (Lipinski definition) is 3. The van der Waals surface area contributed by atoms with Crippen molar-refractivity contribution in [3.63, 3.8) is 0 Å². The molecule has 0 radical (unpaired) electrons. The molecule has 1 aromatic carbocycles. The van der Waals surface area contributed by atoms with Gasteiger partial charge in [-0.15, -0.1) is 0 Å². The number of likely N-dealkylation sites (N-methyl/N-ethyl adjacent to an activating group) is 1. The highest BCUT2D eigenvalue weighted by Gasteiger charge is 2.31. The third-order valence-electron chi connectivity index (χ3n) is 3.07. The van der Waals surface area contributed by atoms with Crippen LogP contribution in [0.3, 0.4) is 0 Å². The number of carbonyl (C=O) groups excluding carboxylic acids is 1. The van der Waals surface area contributed by atoms with Crippen LogP contribution in [0, 0.1) is 0 Å². The second-order valence-electron chi connectivity index (χ2n) is 4.19. The van der Waals surface area contributed by atoms with Gasteiger partial charge in [0, 0.05) is 24.6 Å². The minimum absolute atomic E-state index is 0.0785. The monoisotopic (exact) mass is 298 g/mol. The highest BCUT2D eigenvalue weighted by molar-refractivity contribution is 9.10. The molecule has 1 fully saturated rings. The van der Waals surface area contributed by atoms with Crippen molar-refractivity contribution >= 4 is 21.8 Å². The number of nitrogens with one attached hydrogen (secondary N) is 1. The highest BCUT2D eigenvalue weighted by Crippen LogP contribution is 2.19. The number of amides is 1. The maximum Gasteiger partial charge on any atom is 0.255 e. The van der Waals surface area contributed by atoms with Crippen LogP contribution < -0.4 is 5.32 Å². The minimum atomic E-state index is -0.494. The third-order valence-corrected chi connectivity index (χ3v) is 3.76.